The molecule has 0 spiro atoms. The van der Waals surface area contributed by atoms with E-state index in [0.29, 0.717) is 12.8 Å². The molecule has 16 heavy (non-hydrogen) atoms. The van der Waals surface area contributed by atoms with Crippen molar-refractivity contribution in [3.05, 3.63) is 0 Å². The van der Waals surface area contributed by atoms with E-state index in [9.17, 15) is 9.59 Å². The Hall–Kier alpha value is -0.370. The summed E-state index contributed by atoms with van der Waals surface area (Å²) in [5, 5.41) is 0. The summed E-state index contributed by atoms with van der Waals surface area (Å²) in [6.07, 6.45) is 2.73. The predicted octanol–water partition coefficient (Wildman–Crippen LogP) is 1.38. The van der Waals surface area contributed by atoms with E-state index in [4.69, 9.17) is 12.5 Å². The van der Waals surface area contributed by atoms with Gasteiger partial charge in [0, 0.05) is 12.8 Å². The molecule has 2 aliphatic rings. The van der Waals surface area contributed by atoms with Crippen molar-refractivity contribution in [2.45, 2.75) is 31.3 Å². The number of ether oxygens (including phenoxy) is 2. The van der Waals surface area contributed by atoms with Gasteiger partial charge in [-0.3, -0.25) is 9.59 Å². The Balaban J connectivity index is 1.86. The molecule has 1 heterocycles. The van der Waals surface area contributed by atoms with Crippen LogP contribution in [-0.4, -0.2) is 30.8 Å². The molecule has 1 aliphatic carbocycles. The first-order valence-corrected chi connectivity index (χ1v) is 6.15. The van der Waals surface area contributed by atoms with Gasteiger partial charge in [0.05, 0.1) is 5.92 Å². The molecule has 1 atom stereocenters. The van der Waals surface area contributed by atoms with Gasteiger partial charge in [-0.2, -0.15) is 0 Å². The molecule has 0 aromatic carbocycles. The Morgan fingerprint density at radius 1 is 1.50 bits per heavy atom. The molecular formula is C10H13IO5. The molecule has 0 aromatic rings. The van der Waals surface area contributed by atoms with Crippen LogP contribution in [0.2, 0.25) is 0 Å². The molecule has 0 radical (unpaired) electrons. The van der Waals surface area contributed by atoms with E-state index in [2.05, 4.69) is 0 Å². The Labute approximate surface area is 107 Å². The second kappa shape index (κ2) is 4.87. The highest BCUT2D eigenvalue weighted by atomic mass is 127. The topological polar surface area (TPSA) is 61.8 Å². The molecule has 5 nitrogen and oxygen atoms in total. The lowest BCUT2D eigenvalue weighted by Crippen LogP contribution is -2.39. The maximum absolute atomic E-state index is 11.4. The zero-order chi connectivity index (χ0) is 11.6. The number of cyclic esters (lactones) is 1. The first kappa shape index (κ1) is 12.1. The van der Waals surface area contributed by atoms with Gasteiger partial charge in [0.1, 0.15) is 36.2 Å². The Bertz CT molecular complexity index is 302. The van der Waals surface area contributed by atoms with Crippen LogP contribution in [-0.2, 0) is 22.1 Å². The predicted molar refractivity (Wildman–Crippen MR) is 61.7 cm³/mol. The fourth-order valence-electron chi connectivity index (χ4n) is 1.66. The van der Waals surface area contributed by atoms with Crippen molar-refractivity contribution in [2.75, 3.05) is 13.2 Å². The molecular weight excluding hydrogens is 327 g/mol. The van der Waals surface area contributed by atoms with Crippen LogP contribution in [0.1, 0.15) is 25.7 Å². The molecule has 0 amide bonds. The lowest BCUT2D eigenvalue weighted by molar-refractivity contribution is -0.165. The van der Waals surface area contributed by atoms with E-state index in [-0.39, 0.29) is 31.1 Å². The van der Waals surface area contributed by atoms with Crippen molar-refractivity contribution in [1.82, 2.24) is 0 Å². The van der Waals surface area contributed by atoms with Gasteiger partial charge >= 0.3 is 11.9 Å². The molecule has 0 bridgehead atoms. The lowest BCUT2D eigenvalue weighted by atomic mass is 10.0. The number of rotatable bonds is 5. The van der Waals surface area contributed by atoms with Gasteiger partial charge < -0.3 is 12.5 Å². The van der Waals surface area contributed by atoms with Crippen LogP contribution in [0.4, 0.5) is 0 Å². The van der Waals surface area contributed by atoms with E-state index in [0.717, 1.165) is 12.8 Å². The molecule has 2 rings (SSSR count). The lowest BCUT2D eigenvalue weighted by Gasteiger charge is -2.25. The number of esters is 2. The monoisotopic (exact) mass is 340 g/mol. The van der Waals surface area contributed by atoms with Gasteiger partial charge in [0.15, 0.2) is 5.60 Å². The molecule has 0 N–H and O–H groups in total. The summed E-state index contributed by atoms with van der Waals surface area (Å²) < 4.78 is 15.3. The molecule has 1 saturated heterocycles. The van der Waals surface area contributed by atoms with Crippen molar-refractivity contribution in [1.29, 1.82) is 0 Å². The van der Waals surface area contributed by atoms with Crippen LogP contribution in [0.15, 0.2) is 0 Å². The molecule has 1 aliphatic heterocycles. The summed E-state index contributed by atoms with van der Waals surface area (Å²) in [4.78, 5) is 22.5. The standard InChI is InChI=1S/C10H13IO5/c11-15-6-10(4-3-8(12)16-10)5-14-9(13)7-1-2-7/h7H,1-6H2. The smallest absolute Gasteiger partial charge is 0.309 e. The van der Waals surface area contributed by atoms with E-state index >= 15 is 0 Å². The van der Waals surface area contributed by atoms with Gasteiger partial charge in [-0.15, -0.1) is 0 Å². The van der Waals surface area contributed by atoms with Crippen molar-refractivity contribution in [2.24, 2.45) is 5.92 Å². The zero-order valence-electron chi connectivity index (χ0n) is 8.74. The minimum Gasteiger partial charge on any atom is -0.461 e. The van der Waals surface area contributed by atoms with E-state index in [1.54, 1.807) is 23.0 Å². The third kappa shape index (κ3) is 2.85. The van der Waals surface area contributed by atoms with Crippen molar-refractivity contribution in [3.63, 3.8) is 0 Å². The first-order valence-electron chi connectivity index (χ1n) is 5.27. The van der Waals surface area contributed by atoms with Crippen LogP contribution in [0.5, 0.6) is 0 Å². The van der Waals surface area contributed by atoms with Crippen LogP contribution >= 0.6 is 23.0 Å². The van der Waals surface area contributed by atoms with Crippen LogP contribution in [0.25, 0.3) is 0 Å². The highest BCUT2D eigenvalue weighted by Gasteiger charge is 2.43. The van der Waals surface area contributed by atoms with Gasteiger partial charge in [0.25, 0.3) is 0 Å². The third-order valence-electron chi connectivity index (χ3n) is 2.82. The second-order valence-electron chi connectivity index (χ2n) is 4.29. The number of halogens is 1. The van der Waals surface area contributed by atoms with Crippen LogP contribution in [0.3, 0.4) is 0 Å². The van der Waals surface area contributed by atoms with E-state index in [1.807, 2.05) is 0 Å². The number of carbonyl (C=O) groups is 2. The second-order valence-corrected chi connectivity index (χ2v) is 4.92. The normalized spacial score (nSPS) is 28.9. The maximum atomic E-state index is 11.4. The number of hydrogen-bond acceptors (Lipinski definition) is 5. The Morgan fingerprint density at radius 3 is 2.75 bits per heavy atom. The molecule has 0 aromatic heterocycles. The van der Waals surface area contributed by atoms with Crippen LogP contribution < -0.4 is 0 Å². The molecule has 1 unspecified atom stereocenters. The minimum absolute atomic E-state index is 0.0645. The molecule has 90 valence electrons. The fourth-order valence-corrected chi connectivity index (χ4v) is 2.22. The maximum Gasteiger partial charge on any atom is 0.309 e. The summed E-state index contributed by atoms with van der Waals surface area (Å²) in [5.41, 5.74) is -0.761. The summed E-state index contributed by atoms with van der Waals surface area (Å²) >= 11 is 1.75. The van der Waals surface area contributed by atoms with Crippen molar-refractivity contribution < 1.29 is 22.1 Å². The Kier molecular flexibility index (Phi) is 3.68. The van der Waals surface area contributed by atoms with Crippen molar-refractivity contribution in [3.8, 4) is 0 Å². The molecule has 2 fully saturated rings. The average molecular weight is 340 g/mol. The zero-order valence-corrected chi connectivity index (χ0v) is 10.9. The highest BCUT2D eigenvalue weighted by molar-refractivity contribution is 14.1. The fraction of sp³-hybridized carbons (Fsp3) is 0.800. The summed E-state index contributed by atoms with van der Waals surface area (Å²) in [6.45, 7) is 0.369. The Morgan fingerprint density at radius 2 is 2.25 bits per heavy atom. The molecule has 1 saturated carbocycles. The van der Waals surface area contributed by atoms with Gasteiger partial charge in [-0.05, 0) is 12.8 Å². The summed E-state index contributed by atoms with van der Waals surface area (Å²) in [5.74, 6) is -0.374. The van der Waals surface area contributed by atoms with Gasteiger partial charge in [0.2, 0.25) is 0 Å². The highest BCUT2D eigenvalue weighted by Crippen LogP contribution is 2.32. The number of hydrogen-bond donors (Lipinski definition) is 0. The minimum atomic E-state index is -0.761. The van der Waals surface area contributed by atoms with Crippen LogP contribution in [0, 0.1) is 5.92 Å². The average Bonchev–Trinajstić information content (AvgIpc) is 3.03. The molecule has 6 heteroatoms. The SMILES string of the molecule is O=C1CCC(COI)(COC(=O)C2CC2)O1. The number of carbonyl (C=O) groups excluding carboxylic acids is 2. The van der Waals surface area contributed by atoms with E-state index in [1.165, 1.54) is 0 Å². The largest absolute Gasteiger partial charge is 0.461 e. The quantitative estimate of drug-likeness (QED) is 0.559. The van der Waals surface area contributed by atoms with Crippen molar-refractivity contribution >= 4 is 34.9 Å². The summed E-state index contributed by atoms with van der Waals surface area (Å²) in [6, 6.07) is 0. The van der Waals surface area contributed by atoms with Gasteiger partial charge in [-0.25, -0.2) is 0 Å². The summed E-state index contributed by atoms with van der Waals surface area (Å²) in [7, 11) is 0. The van der Waals surface area contributed by atoms with E-state index < -0.39 is 5.60 Å². The third-order valence-corrected chi connectivity index (χ3v) is 3.13. The first-order chi connectivity index (χ1) is 7.65. The van der Waals surface area contributed by atoms with Gasteiger partial charge in [-0.1, -0.05) is 0 Å².